The monoisotopic (exact) mass is 553 g/mol. The normalized spacial score (nSPS) is 11.7. The van der Waals surface area contributed by atoms with Crippen molar-refractivity contribution < 1.29 is 23.9 Å². The standard InChI is InChI=1S/C31H31N5O5/c1-20(27-17-23(24-18-32-36(2)19-24)16-22-9-5-6-10-25(22)27)33-31(40)26-11-7-4-8-21(26)12-13-28(37)34-35-29(38)14-15-30(39)41-3/h4-11,14-20H,12-13H2,1-3H3,(H,33,40)(H,34,37)(H,35,38)/b15-14+. The zero-order chi connectivity index (χ0) is 29.4. The van der Waals surface area contributed by atoms with E-state index in [1.807, 2.05) is 50.6 Å². The van der Waals surface area contributed by atoms with Crippen LogP contribution < -0.4 is 16.2 Å². The third kappa shape index (κ3) is 7.45. The molecule has 1 unspecified atom stereocenters. The van der Waals surface area contributed by atoms with Crippen LogP contribution in [0.25, 0.3) is 21.9 Å². The maximum absolute atomic E-state index is 13.4. The van der Waals surface area contributed by atoms with Crippen LogP contribution in [0.2, 0.25) is 0 Å². The lowest BCUT2D eigenvalue weighted by molar-refractivity contribution is -0.135. The van der Waals surface area contributed by atoms with E-state index < -0.39 is 17.8 Å². The van der Waals surface area contributed by atoms with Crippen molar-refractivity contribution in [2.45, 2.75) is 25.8 Å². The Kier molecular flexibility index (Phi) is 9.26. The van der Waals surface area contributed by atoms with Gasteiger partial charge in [0, 0.05) is 42.9 Å². The molecule has 3 aromatic carbocycles. The average molecular weight is 554 g/mol. The number of carbonyl (C=O) groups is 4. The summed E-state index contributed by atoms with van der Waals surface area (Å²) in [6.45, 7) is 1.94. The van der Waals surface area contributed by atoms with E-state index in [0.717, 1.165) is 39.6 Å². The van der Waals surface area contributed by atoms with Crippen molar-refractivity contribution in [3.8, 4) is 11.1 Å². The van der Waals surface area contributed by atoms with Crippen LogP contribution in [0.4, 0.5) is 0 Å². The summed E-state index contributed by atoms with van der Waals surface area (Å²) in [6.07, 6.45) is 5.95. The second kappa shape index (κ2) is 13.2. The lowest BCUT2D eigenvalue weighted by atomic mass is 9.94. The molecule has 1 aromatic heterocycles. The van der Waals surface area contributed by atoms with E-state index in [0.29, 0.717) is 11.1 Å². The third-order valence-electron chi connectivity index (χ3n) is 6.53. The van der Waals surface area contributed by atoms with E-state index in [9.17, 15) is 19.2 Å². The number of hydrogen-bond donors (Lipinski definition) is 3. The van der Waals surface area contributed by atoms with Crippen molar-refractivity contribution in [3.05, 3.63) is 102 Å². The second-order valence-electron chi connectivity index (χ2n) is 9.44. The van der Waals surface area contributed by atoms with Crippen molar-refractivity contribution >= 4 is 34.5 Å². The number of rotatable bonds is 9. The number of hydrogen-bond acceptors (Lipinski definition) is 6. The largest absolute Gasteiger partial charge is 0.466 e. The van der Waals surface area contributed by atoms with Gasteiger partial charge in [0.25, 0.3) is 11.8 Å². The summed E-state index contributed by atoms with van der Waals surface area (Å²) in [5.41, 5.74) is 8.60. The molecule has 0 fully saturated rings. The molecular weight excluding hydrogens is 522 g/mol. The Morgan fingerprint density at radius 2 is 1.73 bits per heavy atom. The quantitative estimate of drug-likeness (QED) is 0.165. The second-order valence-corrected chi connectivity index (χ2v) is 9.44. The minimum atomic E-state index is -0.690. The molecule has 4 rings (SSSR count). The predicted molar refractivity (Wildman–Crippen MR) is 154 cm³/mol. The first-order chi connectivity index (χ1) is 19.7. The molecule has 0 bridgehead atoms. The first-order valence-electron chi connectivity index (χ1n) is 13.0. The number of hydrazine groups is 1. The van der Waals surface area contributed by atoms with Gasteiger partial charge in [0.15, 0.2) is 0 Å². The topological polar surface area (TPSA) is 131 Å². The summed E-state index contributed by atoms with van der Waals surface area (Å²) in [7, 11) is 3.06. The van der Waals surface area contributed by atoms with E-state index in [1.54, 1.807) is 28.9 Å². The summed E-state index contributed by atoms with van der Waals surface area (Å²) in [4.78, 5) is 48.5. The summed E-state index contributed by atoms with van der Waals surface area (Å²) in [5, 5.41) is 9.52. The van der Waals surface area contributed by atoms with E-state index in [1.165, 1.54) is 7.11 Å². The molecule has 0 radical (unpaired) electrons. The van der Waals surface area contributed by atoms with Crippen molar-refractivity contribution in [1.29, 1.82) is 0 Å². The van der Waals surface area contributed by atoms with E-state index in [2.05, 4.69) is 38.1 Å². The van der Waals surface area contributed by atoms with Crippen molar-refractivity contribution in [2.24, 2.45) is 7.05 Å². The Balaban J connectivity index is 1.44. The first-order valence-corrected chi connectivity index (χ1v) is 13.0. The van der Waals surface area contributed by atoms with E-state index >= 15 is 0 Å². The fourth-order valence-electron chi connectivity index (χ4n) is 4.44. The summed E-state index contributed by atoms with van der Waals surface area (Å²) in [5.74, 6) is -2.08. The number of benzene rings is 3. The number of nitrogens with zero attached hydrogens (tertiary/aromatic N) is 2. The van der Waals surface area contributed by atoms with Crippen LogP contribution in [0.5, 0.6) is 0 Å². The molecule has 10 nitrogen and oxygen atoms in total. The van der Waals surface area contributed by atoms with Crippen molar-refractivity contribution in [1.82, 2.24) is 25.9 Å². The number of fused-ring (bicyclic) bond motifs is 1. The van der Waals surface area contributed by atoms with E-state index in [4.69, 9.17) is 0 Å². The van der Waals surface area contributed by atoms with Gasteiger partial charge < -0.3 is 10.1 Å². The molecule has 0 aliphatic rings. The van der Waals surface area contributed by atoms with E-state index in [-0.39, 0.29) is 24.8 Å². The van der Waals surface area contributed by atoms with Crippen LogP contribution in [-0.4, -0.2) is 40.6 Å². The Labute approximate surface area is 237 Å². The van der Waals surface area contributed by atoms with Gasteiger partial charge in [-0.3, -0.25) is 29.9 Å². The zero-order valence-corrected chi connectivity index (χ0v) is 23.0. The number of esters is 1. The highest BCUT2D eigenvalue weighted by molar-refractivity contribution is 5.97. The molecular formula is C31H31N5O5. The number of nitrogens with one attached hydrogen (secondary N) is 3. The highest BCUT2D eigenvalue weighted by atomic mass is 16.5. The molecule has 41 heavy (non-hydrogen) atoms. The van der Waals surface area contributed by atoms with Gasteiger partial charge in [-0.1, -0.05) is 42.5 Å². The Hall–Kier alpha value is -5.25. The van der Waals surface area contributed by atoms with Gasteiger partial charge in [-0.15, -0.1) is 0 Å². The van der Waals surface area contributed by atoms with Gasteiger partial charge in [-0.2, -0.15) is 5.10 Å². The maximum atomic E-state index is 13.4. The molecule has 4 aromatic rings. The fraction of sp³-hybridized carbons (Fsp3) is 0.194. The Morgan fingerprint density at radius 3 is 2.49 bits per heavy atom. The number of amides is 3. The Bertz CT molecular complexity index is 1620. The molecule has 210 valence electrons. The van der Waals surface area contributed by atoms with Gasteiger partial charge in [0.2, 0.25) is 5.91 Å². The maximum Gasteiger partial charge on any atom is 0.330 e. The van der Waals surface area contributed by atoms with Crippen LogP contribution in [0.1, 0.15) is 40.9 Å². The highest BCUT2D eigenvalue weighted by Gasteiger charge is 2.18. The molecule has 1 heterocycles. The van der Waals surface area contributed by atoms with Gasteiger partial charge >= 0.3 is 5.97 Å². The lowest BCUT2D eigenvalue weighted by Gasteiger charge is -2.19. The van der Waals surface area contributed by atoms with Gasteiger partial charge in [0.05, 0.1) is 19.3 Å². The van der Waals surface area contributed by atoms with Crippen LogP contribution in [0.3, 0.4) is 0 Å². The van der Waals surface area contributed by atoms with Gasteiger partial charge in [0.1, 0.15) is 0 Å². The third-order valence-corrected chi connectivity index (χ3v) is 6.53. The summed E-state index contributed by atoms with van der Waals surface area (Å²) < 4.78 is 6.16. The summed E-state index contributed by atoms with van der Waals surface area (Å²) >= 11 is 0. The Morgan fingerprint density at radius 1 is 0.976 bits per heavy atom. The summed E-state index contributed by atoms with van der Waals surface area (Å²) in [6, 6.07) is 19.0. The minimum Gasteiger partial charge on any atom is -0.466 e. The SMILES string of the molecule is COC(=O)/C=C/C(=O)NNC(=O)CCc1ccccc1C(=O)NC(C)c1cc(-c2cnn(C)c2)cc2ccccc12. The molecule has 1 atom stereocenters. The van der Waals surface area contributed by atoms with Crippen molar-refractivity contribution in [3.63, 3.8) is 0 Å². The average Bonchev–Trinajstić information content (AvgIpc) is 3.43. The molecule has 3 amide bonds. The highest BCUT2D eigenvalue weighted by Crippen LogP contribution is 2.31. The number of aromatic nitrogens is 2. The smallest absolute Gasteiger partial charge is 0.330 e. The van der Waals surface area contributed by atoms with Gasteiger partial charge in [-0.05, 0) is 59.0 Å². The molecule has 0 spiro atoms. The zero-order valence-electron chi connectivity index (χ0n) is 23.0. The van der Waals surface area contributed by atoms with Crippen LogP contribution in [-0.2, 0) is 32.6 Å². The number of methoxy groups -OCH3 is 1. The first kappa shape index (κ1) is 28.8. The molecule has 10 heteroatoms. The lowest BCUT2D eigenvalue weighted by Crippen LogP contribution is -2.41. The van der Waals surface area contributed by atoms with Crippen molar-refractivity contribution in [2.75, 3.05) is 7.11 Å². The number of ether oxygens (including phenoxy) is 1. The fourth-order valence-corrected chi connectivity index (χ4v) is 4.44. The van der Waals surface area contributed by atoms with Crippen LogP contribution in [0, 0.1) is 0 Å². The molecule has 0 aliphatic heterocycles. The molecule has 0 saturated carbocycles. The minimum absolute atomic E-state index is 0.0264. The molecule has 0 saturated heterocycles. The molecule has 3 N–H and O–H groups in total. The van der Waals surface area contributed by atoms with Crippen LogP contribution >= 0.6 is 0 Å². The van der Waals surface area contributed by atoms with Gasteiger partial charge in [-0.25, -0.2) is 4.79 Å². The number of aryl methyl sites for hydroxylation is 2. The number of carbonyl (C=O) groups excluding carboxylic acids is 4. The predicted octanol–water partition coefficient (Wildman–Crippen LogP) is 3.54. The molecule has 0 aliphatic carbocycles. The van der Waals surface area contributed by atoms with Crippen LogP contribution in [0.15, 0.2) is 85.2 Å².